The second-order valence-electron chi connectivity index (χ2n) is 5.49. The minimum absolute atomic E-state index is 0.213. The lowest BCUT2D eigenvalue weighted by atomic mass is 10.1. The number of benzene rings is 1. The Labute approximate surface area is 113 Å². The molecule has 0 spiro atoms. The summed E-state index contributed by atoms with van der Waals surface area (Å²) in [6, 6.07) is 8.71. The van der Waals surface area contributed by atoms with E-state index in [-0.39, 0.29) is 16.5 Å². The fourth-order valence-electron chi connectivity index (χ4n) is 2.66. The highest BCUT2D eigenvalue weighted by atomic mass is 32.2. The van der Waals surface area contributed by atoms with Crippen LogP contribution in [0.2, 0.25) is 0 Å². The number of hydrogen-bond donors (Lipinski definition) is 1. The molecular weight excluding hydrogens is 242 g/mol. The third kappa shape index (κ3) is 2.39. The van der Waals surface area contributed by atoms with Crippen LogP contribution in [0.15, 0.2) is 24.3 Å². The Morgan fingerprint density at radius 2 is 1.94 bits per heavy atom. The smallest absolute Gasteiger partial charge is 0.0586 e. The van der Waals surface area contributed by atoms with E-state index in [4.69, 9.17) is 0 Å². The first kappa shape index (κ1) is 13.8. The zero-order valence-electron chi connectivity index (χ0n) is 11.6. The van der Waals surface area contributed by atoms with E-state index < -0.39 is 10.8 Å². The highest BCUT2D eigenvalue weighted by Gasteiger charge is 2.37. The first-order chi connectivity index (χ1) is 8.56. The molecule has 0 fully saturated rings. The Bertz CT molecular complexity index is 444. The average molecular weight is 265 g/mol. The zero-order chi connectivity index (χ0) is 13.3. The van der Waals surface area contributed by atoms with Gasteiger partial charge in [-0.2, -0.15) is 0 Å². The van der Waals surface area contributed by atoms with Crippen LogP contribution in [-0.2, 0) is 17.2 Å². The highest BCUT2D eigenvalue weighted by Crippen LogP contribution is 2.35. The molecule has 1 aliphatic carbocycles. The van der Waals surface area contributed by atoms with Crippen LogP contribution in [0.25, 0.3) is 0 Å². The molecule has 3 heteroatoms. The molecule has 0 saturated heterocycles. The summed E-state index contributed by atoms with van der Waals surface area (Å²) in [7, 11) is 1.18. The number of fused-ring (bicyclic) bond motifs is 1. The predicted molar refractivity (Wildman–Crippen MR) is 78.2 cm³/mol. The lowest BCUT2D eigenvalue weighted by Crippen LogP contribution is -2.35. The lowest BCUT2D eigenvalue weighted by molar-refractivity contribution is 0.555. The summed E-state index contributed by atoms with van der Waals surface area (Å²) in [5.41, 5.74) is 2.68. The second-order valence-corrected chi connectivity index (χ2v) is 7.49. The summed E-state index contributed by atoms with van der Waals surface area (Å²) in [6.07, 6.45) is 0.936. The van der Waals surface area contributed by atoms with Crippen molar-refractivity contribution in [1.82, 2.24) is 5.32 Å². The van der Waals surface area contributed by atoms with Crippen LogP contribution in [0.1, 0.15) is 37.9 Å². The van der Waals surface area contributed by atoms with Gasteiger partial charge >= 0.3 is 0 Å². The number of hydrogen-bond acceptors (Lipinski definition) is 2. The van der Waals surface area contributed by atoms with Crippen molar-refractivity contribution >= 4 is 10.8 Å². The quantitative estimate of drug-likeness (QED) is 0.907. The van der Waals surface area contributed by atoms with E-state index in [0.29, 0.717) is 5.92 Å². The van der Waals surface area contributed by atoms with E-state index in [9.17, 15) is 4.21 Å². The maximum Gasteiger partial charge on any atom is 0.0586 e. The van der Waals surface area contributed by atoms with Gasteiger partial charge in [-0.3, -0.25) is 4.21 Å². The molecule has 1 aliphatic rings. The van der Waals surface area contributed by atoms with Gasteiger partial charge in [0.15, 0.2) is 0 Å². The molecule has 2 nitrogen and oxygen atoms in total. The molecule has 4 unspecified atom stereocenters. The van der Waals surface area contributed by atoms with Crippen LogP contribution in [0.4, 0.5) is 0 Å². The van der Waals surface area contributed by atoms with Crippen molar-refractivity contribution in [2.45, 2.75) is 43.7 Å². The SMILES string of the molecule is CNC1c2ccccc2CC1S(=O)C(C)C(C)C. The molecule has 0 heterocycles. The van der Waals surface area contributed by atoms with Gasteiger partial charge in [0, 0.05) is 22.1 Å². The Balaban J connectivity index is 2.25. The van der Waals surface area contributed by atoms with Gasteiger partial charge in [-0.1, -0.05) is 45.0 Å². The van der Waals surface area contributed by atoms with Crippen LogP contribution >= 0.6 is 0 Å². The summed E-state index contributed by atoms with van der Waals surface area (Å²) in [5.74, 6) is 0.465. The van der Waals surface area contributed by atoms with E-state index in [1.165, 1.54) is 11.1 Å². The fraction of sp³-hybridized carbons (Fsp3) is 0.600. The van der Waals surface area contributed by atoms with Crippen LogP contribution in [0.3, 0.4) is 0 Å². The maximum atomic E-state index is 12.7. The fourth-order valence-corrected chi connectivity index (χ4v) is 4.64. The molecule has 0 bridgehead atoms. The molecule has 1 aromatic rings. The lowest BCUT2D eigenvalue weighted by Gasteiger charge is -2.24. The Morgan fingerprint density at radius 1 is 1.28 bits per heavy atom. The topological polar surface area (TPSA) is 29.1 Å². The number of nitrogens with one attached hydrogen (secondary N) is 1. The van der Waals surface area contributed by atoms with E-state index in [0.717, 1.165) is 6.42 Å². The van der Waals surface area contributed by atoms with Gasteiger partial charge in [-0.15, -0.1) is 0 Å². The van der Waals surface area contributed by atoms with E-state index >= 15 is 0 Å². The van der Waals surface area contributed by atoms with Crippen molar-refractivity contribution in [3.63, 3.8) is 0 Å². The van der Waals surface area contributed by atoms with Gasteiger partial charge in [-0.05, 0) is 30.5 Å². The third-order valence-electron chi connectivity index (χ3n) is 4.10. The van der Waals surface area contributed by atoms with Gasteiger partial charge < -0.3 is 5.32 Å². The summed E-state index contributed by atoms with van der Waals surface area (Å²) in [5, 5.41) is 3.81. The summed E-state index contributed by atoms with van der Waals surface area (Å²) in [6.45, 7) is 6.41. The van der Waals surface area contributed by atoms with Crippen LogP contribution in [0, 0.1) is 5.92 Å². The zero-order valence-corrected chi connectivity index (χ0v) is 12.5. The Morgan fingerprint density at radius 3 is 2.56 bits per heavy atom. The van der Waals surface area contributed by atoms with Crippen molar-refractivity contribution < 1.29 is 4.21 Å². The summed E-state index contributed by atoms with van der Waals surface area (Å²) in [4.78, 5) is 0. The Kier molecular flexibility index (Phi) is 4.23. The van der Waals surface area contributed by atoms with Crippen molar-refractivity contribution in [2.75, 3.05) is 7.05 Å². The molecule has 100 valence electrons. The summed E-state index contributed by atoms with van der Waals surface area (Å²) >= 11 is 0. The first-order valence-electron chi connectivity index (χ1n) is 6.70. The standard InChI is InChI=1S/C15H23NOS/c1-10(2)11(3)18(17)14-9-12-7-5-6-8-13(12)15(14)16-4/h5-8,10-11,14-16H,9H2,1-4H3. The van der Waals surface area contributed by atoms with Crippen LogP contribution in [0.5, 0.6) is 0 Å². The number of rotatable bonds is 4. The van der Waals surface area contributed by atoms with Crippen LogP contribution in [-0.4, -0.2) is 21.8 Å². The van der Waals surface area contributed by atoms with Crippen molar-refractivity contribution in [1.29, 1.82) is 0 Å². The maximum absolute atomic E-state index is 12.7. The summed E-state index contributed by atoms with van der Waals surface area (Å²) < 4.78 is 12.7. The average Bonchev–Trinajstić information content (AvgIpc) is 2.75. The Hall–Kier alpha value is -0.670. The first-order valence-corrected chi connectivity index (χ1v) is 7.98. The molecule has 0 saturated carbocycles. The van der Waals surface area contributed by atoms with Gasteiger partial charge in [0.2, 0.25) is 0 Å². The molecule has 0 amide bonds. The van der Waals surface area contributed by atoms with Gasteiger partial charge in [0.1, 0.15) is 0 Å². The molecular formula is C15H23NOS. The van der Waals surface area contributed by atoms with Crippen LogP contribution < -0.4 is 5.32 Å². The normalized spacial score (nSPS) is 26.1. The van der Waals surface area contributed by atoms with Crippen molar-refractivity contribution in [3.8, 4) is 0 Å². The van der Waals surface area contributed by atoms with E-state index in [2.05, 4.69) is 50.4 Å². The highest BCUT2D eigenvalue weighted by molar-refractivity contribution is 7.86. The molecule has 0 aliphatic heterocycles. The molecule has 0 aromatic heterocycles. The minimum Gasteiger partial charge on any atom is -0.312 e. The molecule has 0 radical (unpaired) electrons. The van der Waals surface area contributed by atoms with Gasteiger partial charge in [-0.25, -0.2) is 0 Å². The second kappa shape index (κ2) is 5.54. The molecule has 2 rings (SSSR count). The largest absolute Gasteiger partial charge is 0.312 e. The monoisotopic (exact) mass is 265 g/mol. The molecule has 1 N–H and O–H groups in total. The van der Waals surface area contributed by atoms with Gasteiger partial charge in [0.05, 0.1) is 5.25 Å². The van der Waals surface area contributed by atoms with Crippen molar-refractivity contribution in [3.05, 3.63) is 35.4 Å². The predicted octanol–water partition coefficient (Wildman–Crippen LogP) is 2.67. The molecule has 4 atom stereocenters. The van der Waals surface area contributed by atoms with Gasteiger partial charge in [0.25, 0.3) is 0 Å². The molecule has 18 heavy (non-hydrogen) atoms. The molecule has 1 aromatic carbocycles. The van der Waals surface area contributed by atoms with E-state index in [1.807, 2.05) is 7.05 Å². The third-order valence-corrected chi connectivity index (χ3v) is 6.41. The van der Waals surface area contributed by atoms with Crippen molar-refractivity contribution in [2.24, 2.45) is 5.92 Å². The minimum atomic E-state index is -0.789. The van der Waals surface area contributed by atoms with E-state index in [1.54, 1.807) is 0 Å².